The van der Waals surface area contributed by atoms with E-state index in [0.29, 0.717) is 45.4 Å². The van der Waals surface area contributed by atoms with Gasteiger partial charge in [0.15, 0.2) is 11.5 Å². The van der Waals surface area contributed by atoms with Crippen LogP contribution in [0.2, 0.25) is 0 Å². The largest absolute Gasteiger partial charge is 0.326 e. The fourth-order valence-electron chi connectivity index (χ4n) is 3.91. The first-order valence-electron chi connectivity index (χ1n) is 11.8. The molecule has 1 saturated carbocycles. The lowest BCUT2D eigenvalue weighted by molar-refractivity contribution is -0.123. The minimum atomic E-state index is -0.521. The van der Waals surface area contributed by atoms with Crippen molar-refractivity contribution in [3.05, 3.63) is 71.7 Å². The number of hydrogen-bond acceptors (Lipinski definition) is 5. The molecule has 0 radical (unpaired) electrons. The number of carbonyl (C=O) groups excluding carboxylic acids is 2. The minimum absolute atomic E-state index is 0.0940. The Hall–Kier alpha value is -4.07. The summed E-state index contributed by atoms with van der Waals surface area (Å²) in [6, 6.07) is 14.7. The number of pyridine rings is 2. The molecule has 3 aromatic heterocycles. The summed E-state index contributed by atoms with van der Waals surface area (Å²) in [6.07, 6.45) is 3.83. The van der Waals surface area contributed by atoms with Gasteiger partial charge in [-0.2, -0.15) is 9.78 Å². The second kappa shape index (κ2) is 8.61. The Morgan fingerprint density at radius 1 is 1.00 bits per heavy atom. The van der Waals surface area contributed by atoms with Gasteiger partial charge < -0.3 is 10.6 Å². The van der Waals surface area contributed by atoms with Crippen molar-refractivity contribution in [1.29, 1.82) is 0 Å². The predicted molar refractivity (Wildman–Crippen MR) is 136 cm³/mol. The van der Waals surface area contributed by atoms with Crippen LogP contribution in [0.4, 0.5) is 11.4 Å². The highest BCUT2D eigenvalue weighted by Gasteiger charge is 2.29. The van der Waals surface area contributed by atoms with Gasteiger partial charge in [-0.15, -0.1) is 0 Å². The molecular formula is C27H28N6O2. The van der Waals surface area contributed by atoms with Crippen LogP contribution in [0.25, 0.3) is 16.9 Å². The lowest BCUT2D eigenvalue weighted by atomic mass is 9.95. The van der Waals surface area contributed by atoms with E-state index < -0.39 is 5.41 Å². The van der Waals surface area contributed by atoms with E-state index >= 15 is 0 Å². The quantitative estimate of drug-likeness (QED) is 0.417. The van der Waals surface area contributed by atoms with Gasteiger partial charge in [-0.1, -0.05) is 32.9 Å². The number of rotatable bonds is 5. The summed E-state index contributed by atoms with van der Waals surface area (Å²) < 4.78 is 1.70. The first-order valence-corrected chi connectivity index (χ1v) is 11.8. The second-order valence-corrected chi connectivity index (χ2v) is 9.99. The third-order valence-electron chi connectivity index (χ3n) is 6.00. The van der Waals surface area contributed by atoms with Gasteiger partial charge in [0.2, 0.25) is 5.91 Å². The van der Waals surface area contributed by atoms with Crippen molar-refractivity contribution >= 4 is 34.2 Å². The Morgan fingerprint density at radius 2 is 1.74 bits per heavy atom. The molecule has 1 aliphatic carbocycles. The van der Waals surface area contributed by atoms with Gasteiger partial charge in [-0.05, 0) is 56.2 Å². The van der Waals surface area contributed by atoms with E-state index in [1.54, 1.807) is 35.1 Å². The first-order chi connectivity index (χ1) is 16.7. The average molecular weight is 469 g/mol. The summed E-state index contributed by atoms with van der Waals surface area (Å²) in [7, 11) is 0. The third kappa shape index (κ3) is 4.64. The van der Waals surface area contributed by atoms with E-state index in [-0.39, 0.29) is 11.8 Å². The first kappa shape index (κ1) is 22.7. The number of hydrogen-bond donors (Lipinski definition) is 2. The maximum Gasteiger partial charge on any atom is 0.256 e. The molecule has 0 bridgehead atoms. The van der Waals surface area contributed by atoms with Crippen LogP contribution >= 0.6 is 0 Å². The minimum Gasteiger partial charge on any atom is -0.326 e. The number of amides is 2. The highest BCUT2D eigenvalue weighted by Crippen LogP contribution is 2.40. The summed E-state index contributed by atoms with van der Waals surface area (Å²) in [4.78, 5) is 35.2. The Bertz CT molecular complexity index is 1430. The molecular weight excluding hydrogens is 440 g/mol. The third-order valence-corrected chi connectivity index (χ3v) is 6.00. The molecule has 2 N–H and O–H groups in total. The van der Waals surface area contributed by atoms with Gasteiger partial charge in [0.1, 0.15) is 0 Å². The molecule has 5 rings (SSSR count). The molecule has 8 nitrogen and oxygen atoms in total. The maximum atomic E-state index is 13.5. The molecule has 0 aliphatic heterocycles. The van der Waals surface area contributed by atoms with Crippen LogP contribution in [0.1, 0.15) is 61.3 Å². The van der Waals surface area contributed by atoms with Crippen LogP contribution in [0.5, 0.6) is 0 Å². The van der Waals surface area contributed by atoms with E-state index in [9.17, 15) is 9.59 Å². The zero-order valence-electron chi connectivity index (χ0n) is 20.3. The number of carbonyl (C=O) groups is 2. The van der Waals surface area contributed by atoms with E-state index in [2.05, 4.69) is 20.7 Å². The smallest absolute Gasteiger partial charge is 0.256 e. The molecule has 178 valence electrons. The molecule has 0 spiro atoms. The molecule has 1 aliphatic rings. The summed E-state index contributed by atoms with van der Waals surface area (Å²) in [6.45, 7) is 7.44. The van der Waals surface area contributed by atoms with Gasteiger partial charge in [0, 0.05) is 34.6 Å². The van der Waals surface area contributed by atoms with Crippen molar-refractivity contribution in [2.45, 2.75) is 46.5 Å². The van der Waals surface area contributed by atoms with Crippen molar-refractivity contribution in [2.24, 2.45) is 5.41 Å². The van der Waals surface area contributed by atoms with E-state index in [4.69, 9.17) is 4.98 Å². The summed E-state index contributed by atoms with van der Waals surface area (Å²) in [5, 5.41) is 11.3. The van der Waals surface area contributed by atoms with Crippen molar-refractivity contribution in [1.82, 2.24) is 19.7 Å². The fraction of sp³-hybridized carbons (Fsp3) is 0.296. The highest BCUT2D eigenvalue weighted by molar-refractivity contribution is 6.13. The van der Waals surface area contributed by atoms with E-state index in [1.807, 2.05) is 52.0 Å². The van der Waals surface area contributed by atoms with Crippen LogP contribution in [0, 0.1) is 12.3 Å². The molecule has 4 aromatic rings. The number of benzene rings is 1. The molecule has 8 heteroatoms. The number of fused-ring (bicyclic) bond motifs is 1. The van der Waals surface area contributed by atoms with Crippen molar-refractivity contribution in [3.8, 4) is 5.82 Å². The van der Waals surface area contributed by atoms with Crippen LogP contribution in [0.3, 0.4) is 0 Å². The highest BCUT2D eigenvalue weighted by atomic mass is 16.2. The monoisotopic (exact) mass is 468 g/mol. The van der Waals surface area contributed by atoms with Gasteiger partial charge in [-0.3, -0.25) is 9.59 Å². The summed E-state index contributed by atoms with van der Waals surface area (Å²) >= 11 is 0. The topological polar surface area (TPSA) is 102 Å². The van der Waals surface area contributed by atoms with Gasteiger partial charge >= 0.3 is 0 Å². The van der Waals surface area contributed by atoms with Crippen LogP contribution < -0.4 is 10.6 Å². The lowest BCUT2D eigenvalue weighted by Gasteiger charge is -2.18. The number of aromatic nitrogens is 4. The Morgan fingerprint density at radius 3 is 2.40 bits per heavy atom. The van der Waals surface area contributed by atoms with Gasteiger partial charge in [0.05, 0.1) is 16.6 Å². The summed E-state index contributed by atoms with van der Waals surface area (Å²) in [5.74, 6) is 0.666. The lowest BCUT2D eigenvalue weighted by Crippen LogP contribution is -2.27. The number of nitrogens with one attached hydrogen (secondary N) is 2. The Kier molecular flexibility index (Phi) is 5.59. The molecule has 1 aromatic carbocycles. The zero-order chi connectivity index (χ0) is 24.7. The number of nitrogens with zero attached hydrogens (tertiary/aromatic N) is 4. The van der Waals surface area contributed by atoms with Crippen molar-refractivity contribution in [2.75, 3.05) is 10.6 Å². The Labute approximate surface area is 203 Å². The van der Waals surface area contributed by atoms with Gasteiger partial charge in [-0.25, -0.2) is 9.97 Å². The maximum absolute atomic E-state index is 13.5. The molecule has 0 atom stereocenters. The zero-order valence-corrected chi connectivity index (χ0v) is 20.3. The second-order valence-electron chi connectivity index (χ2n) is 9.99. The predicted octanol–water partition coefficient (Wildman–Crippen LogP) is 5.24. The molecule has 3 heterocycles. The average Bonchev–Trinajstić information content (AvgIpc) is 3.62. The Balaban J connectivity index is 1.51. The SMILES string of the molecule is Cc1nn(-c2ccccn2)c2nc(C3CC3)cc(C(=O)Nc3cccc(NC(=O)C(C)(C)C)c3)c12. The molecule has 0 unspecified atom stereocenters. The standard InChI is InChI=1S/C27H28N6O2/c1-16-23-20(25(34)29-18-8-7-9-19(14-18)30-26(35)27(2,3)4)15-21(17-11-12-17)31-24(23)33(32-16)22-10-5-6-13-28-22/h5-10,13-15,17H,11-12H2,1-4H3,(H,29,34)(H,30,35). The fourth-order valence-corrected chi connectivity index (χ4v) is 3.91. The van der Waals surface area contributed by atoms with Gasteiger partial charge in [0.25, 0.3) is 5.91 Å². The molecule has 1 fully saturated rings. The molecule has 0 saturated heterocycles. The van der Waals surface area contributed by atoms with E-state index in [1.165, 1.54) is 0 Å². The van der Waals surface area contributed by atoms with E-state index in [0.717, 1.165) is 18.5 Å². The van der Waals surface area contributed by atoms with Crippen LogP contribution in [-0.2, 0) is 4.79 Å². The van der Waals surface area contributed by atoms with Crippen LogP contribution in [-0.4, -0.2) is 31.6 Å². The normalized spacial score (nSPS) is 13.6. The van der Waals surface area contributed by atoms with Crippen molar-refractivity contribution in [3.63, 3.8) is 0 Å². The molecule has 35 heavy (non-hydrogen) atoms. The number of aryl methyl sites for hydroxylation is 1. The summed E-state index contributed by atoms with van der Waals surface area (Å²) in [5.41, 5.74) is 3.45. The van der Waals surface area contributed by atoms with Crippen molar-refractivity contribution < 1.29 is 9.59 Å². The number of anilines is 2. The van der Waals surface area contributed by atoms with Crippen LogP contribution in [0.15, 0.2) is 54.7 Å². The molecule has 2 amide bonds.